The van der Waals surface area contributed by atoms with Crippen LogP contribution in [0.25, 0.3) is 0 Å². The van der Waals surface area contributed by atoms with E-state index in [-0.39, 0.29) is 0 Å². The number of hydrogen-bond donors (Lipinski definition) is 2. The lowest BCUT2D eigenvalue weighted by Crippen LogP contribution is -2.14. The Morgan fingerprint density at radius 2 is 1.89 bits per heavy atom. The summed E-state index contributed by atoms with van der Waals surface area (Å²) in [5, 5.41) is 0. The summed E-state index contributed by atoms with van der Waals surface area (Å²) in [6.07, 6.45) is 0. The highest BCUT2D eigenvalue weighted by atomic mass is 16.5. The fourth-order valence-electron chi connectivity index (χ4n) is 1.63. The third kappa shape index (κ3) is 2.52. The monoisotopic (exact) mass is 244 g/mol. The van der Waals surface area contributed by atoms with E-state index >= 15 is 0 Å². The van der Waals surface area contributed by atoms with Gasteiger partial charge in [0.1, 0.15) is 17.4 Å². The molecule has 0 atom stereocenters. The standard InChI is InChI=1S/C13H16N4O/c1-17(10-6-8-11(18-2)9-7-10)13-5-3-4-12(15-13)16-14/h3-9H,14H2,1-2H3,(H,15,16). The third-order valence-electron chi connectivity index (χ3n) is 2.69. The molecule has 0 saturated carbocycles. The van der Waals surface area contributed by atoms with Crippen molar-refractivity contribution >= 4 is 17.3 Å². The van der Waals surface area contributed by atoms with Gasteiger partial charge in [-0.3, -0.25) is 0 Å². The Balaban J connectivity index is 2.25. The van der Waals surface area contributed by atoms with Crippen LogP contribution in [0.5, 0.6) is 5.75 Å². The first-order valence-corrected chi connectivity index (χ1v) is 5.56. The van der Waals surface area contributed by atoms with Gasteiger partial charge in [-0.15, -0.1) is 0 Å². The molecule has 0 radical (unpaired) electrons. The Bertz CT molecular complexity index is 513. The summed E-state index contributed by atoms with van der Waals surface area (Å²) < 4.78 is 5.13. The summed E-state index contributed by atoms with van der Waals surface area (Å²) in [5.41, 5.74) is 3.56. The Hall–Kier alpha value is -2.27. The number of hydrazine groups is 1. The van der Waals surface area contributed by atoms with Gasteiger partial charge < -0.3 is 15.1 Å². The van der Waals surface area contributed by atoms with Crippen molar-refractivity contribution in [2.75, 3.05) is 24.5 Å². The van der Waals surface area contributed by atoms with Gasteiger partial charge >= 0.3 is 0 Å². The molecule has 0 saturated heterocycles. The number of pyridine rings is 1. The number of ether oxygens (including phenoxy) is 1. The molecule has 2 rings (SSSR count). The molecule has 0 spiro atoms. The Kier molecular flexibility index (Phi) is 3.64. The zero-order valence-electron chi connectivity index (χ0n) is 10.4. The minimum atomic E-state index is 0.632. The SMILES string of the molecule is COc1ccc(N(C)c2cccc(NN)n2)cc1. The molecule has 1 heterocycles. The second kappa shape index (κ2) is 5.37. The van der Waals surface area contributed by atoms with Gasteiger partial charge in [-0.25, -0.2) is 10.8 Å². The Morgan fingerprint density at radius 1 is 1.17 bits per heavy atom. The number of hydrogen-bond acceptors (Lipinski definition) is 5. The number of nitrogens with two attached hydrogens (primary N) is 1. The van der Waals surface area contributed by atoms with Crippen molar-refractivity contribution in [2.24, 2.45) is 5.84 Å². The summed E-state index contributed by atoms with van der Waals surface area (Å²) >= 11 is 0. The number of anilines is 3. The second-order valence-electron chi connectivity index (χ2n) is 3.78. The molecule has 5 nitrogen and oxygen atoms in total. The van der Waals surface area contributed by atoms with E-state index in [0.717, 1.165) is 17.3 Å². The molecule has 0 fully saturated rings. The number of nitrogens with zero attached hydrogens (tertiary/aromatic N) is 2. The number of rotatable bonds is 4. The Labute approximate surface area is 106 Å². The fourth-order valence-corrected chi connectivity index (χ4v) is 1.63. The molecule has 1 aromatic carbocycles. The van der Waals surface area contributed by atoms with Gasteiger partial charge in [0, 0.05) is 12.7 Å². The maximum absolute atomic E-state index is 5.35. The molecule has 0 aliphatic rings. The minimum Gasteiger partial charge on any atom is -0.497 e. The molecule has 18 heavy (non-hydrogen) atoms. The van der Waals surface area contributed by atoms with Crippen molar-refractivity contribution in [3.05, 3.63) is 42.5 Å². The summed E-state index contributed by atoms with van der Waals surface area (Å²) in [7, 11) is 3.60. The topological polar surface area (TPSA) is 63.4 Å². The molecule has 3 N–H and O–H groups in total. The number of nitrogens with one attached hydrogen (secondary N) is 1. The highest BCUT2D eigenvalue weighted by Crippen LogP contribution is 2.24. The maximum Gasteiger partial charge on any atom is 0.142 e. The van der Waals surface area contributed by atoms with E-state index in [1.165, 1.54) is 0 Å². The lowest BCUT2D eigenvalue weighted by atomic mass is 10.2. The van der Waals surface area contributed by atoms with Crippen LogP contribution >= 0.6 is 0 Å². The van der Waals surface area contributed by atoms with Crippen LogP contribution in [0.3, 0.4) is 0 Å². The third-order valence-corrected chi connectivity index (χ3v) is 2.69. The predicted octanol–water partition coefficient (Wildman–Crippen LogP) is 2.14. The van der Waals surface area contributed by atoms with Crippen molar-refractivity contribution < 1.29 is 4.74 Å². The zero-order valence-corrected chi connectivity index (χ0v) is 10.4. The van der Waals surface area contributed by atoms with Gasteiger partial charge in [0.2, 0.25) is 0 Å². The quantitative estimate of drug-likeness (QED) is 0.637. The van der Waals surface area contributed by atoms with Gasteiger partial charge in [0.05, 0.1) is 7.11 Å². The largest absolute Gasteiger partial charge is 0.497 e. The summed E-state index contributed by atoms with van der Waals surface area (Å²) in [4.78, 5) is 6.34. The summed E-state index contributed by atoms with van der Waals surface area (Å²) in [5.74, 6) is 7.63. The fraction of sp³-hybridized carbons (Fsp3) is 0.154. The predicted molar refractivity (Wildman–Crippen MR) is 73.1 cm³/mol. The molecule has 0 aliphatic heterocycles. The molecule has 1 aromatic heterocycles. The number of aromatic nitrogens is 1. The highest BCUT2D eigenvalue weighted by Gasteiger charge is 2.05. The van der Waals surface area contributed by atoms with E-state index in [2.05, 4.69) is 10.4 Å². The molecule has 0 amide bonds. The van der Waals surface area contributed by atoms with Gasteiger partial charge in [-0.2, -0.15) is 0 Å². The number of nitrogen functional groups attached to an aromatic ring is 1. The smallest absolute Gasteiger partial charge is 0.142 e. The molecule has 94 valence electrons. The normalized spacial score (nSPS) is 9.94. The van der Waals surface area contributed by atoms with Crippen molar-refractivity contribution in [3.63, 3.8) is 0 Å². The first-order chi connectivity index (χ1) is 8.74. The molecular formula is C13H16N4O. The van der Waals surface area contributed by atoms with Crippen LogP contribution in [0, 0.1) is 0 Å². The van der Waals surface area contributed by atoms with E-state index < -0.39 is 0 Å². The first-order valence-electron chi connectivity index (χ1n) is 5.56. The number of methoxy groups -OCH3 is 1. The van der Waals surface area contributed by atoms with E-state index in [0.29, 0.717) is 5.82 Å². The van der Waals surface area contributed by atoms with Gasteiger partial charge in [-0.1, -0.05) is 6.07 Å². The first kappa shape index (κ1) is 12.2. The van der Waals surface area contributed by atoms with E-state index in [4.69, 9.17) is 10.6 Å². The van der Waals surface area contributed by atoms with Crippen molar-refractivity contribution in [3.8, 4) is 5.75 Å². The molecule has 5 heteroatoms. The molecule has 0 unspecified atom stereocenters. The molecule has 0 bridgehead atoms. The van der Waals surface area contributed by atoms with E-state index in [1.807, 2.05) is 54.4 Å². The van der Waals surface area contributed by atoms with Crippen LogP contribution in [0.15, 0.2) is 42.5 Å². The number of benzene rings is 1. The average molecular weight is 244 g/mol. The van der Waals surface area contributed by atoms with Gasteiger partial charge in [-0.05, 0) is 36.4 Å². The lowest BCUT2D eigenvalue weighted by Gasteiger charge is -2.19. The Morgan fingerprint density at radius 3 is 2.50 bits per heavy atom. The van der Waals surface area contributed by atoms with E-state index in [9.17, 15) is 0 Å². The van der Waals surface area contributed by atoms with E-state index in [1.54, 1.807) is 7.11 Å². The summed E-state index contributed by atoms with van der Waals surface area (Å²) in [6, 6.07) is 13.4. The highest BCUT2D eigenvalue weighted by molar-refractivity contribution is 5.61. The van der Waals surface area contributed by atoms with Crippen LogP contribution in [0.2, 0.25) is 0 Å². The second-order valence-corrected chi connectivity index (χ2v) is 3.78. The zero-order chi connectivity index (χ0) is 13.0. The minimum absolute atomic E-state index is 0.632. The van der Waals surface area contributed by atoms with Crippen LogP contribution in [-0.4, -0.2) is 19.1 Å². The van der Waals surface area contributed by atoms with Gasteiger partial charge in [0.15, 0.2) is 0 Å². The molecule has 2 aromatic rings. The van der Waals surface area contributed by atoms with Crippen molar-refractivity contribution in [2.45, 2.75) is 0 Å². The van der Waals surface area contributed by atoms with Crippen LogP contribution < -0.4 is 20.9 Å². The van der Waals surface area contributed by atoms with Crippen molar-refractivity contribution in [1.29, 1.82) is 0 Å². The van der Waals surface area contributed by atoms with Crippen LogP contribution in [0.1, 0.15) is 0 Å². The van der Waals surface area contributed by atoms with Crippen LogP contribution in [-0.2, 0) is 0 Å². The van der Waals surface area contributed by atoms with Crippen molar-refractivity contribution in [1.82, 2.24) is 4.98 Å². The summed E-state index contributed by atoms with van der Waals surface area (Å²) in [6.45, 7) is 0. The average Bonchev–Trinajstić information content (AvgIpc) is 2.46. The molecular weight excluding hydrogens is 228 g/mol. The van der Waals surface area contributed by atoms with Crippen LogP contribution in [0.4, 0.5) is 17.3 Å². The molecule has 0 aliphatic carbocycles. The lowest BCUT2D eigenvalue weighted by molar-refractivity contribution is 0.415. The van der Waals surface area contributed by atoms with Gasteiger partial charge in [0.25, 0.3) is 0 Å². The maximum atomic E-state index is 5.35.